The van der Waals surface area contributed by atoms with Crippen LogP contribution in [0.1, 0.15) is 22.3 Å². The number of carbonyl (C=O) groups excluding carboxylic acids is 1. The van der Waals surface area contributed by atoms with Crippen LogP contribution in [0, 0.1) is 6.92 Å². The molecule has 0 aliphatic rings. The van der Waals surface area contributed by atoms with Crippen LogP contribution in [0.4, 0.5) is 5.13 Å². The predicted molar refractivity (Wildman–Crippen MR) is 66.0 cm³/mol. The van der Waals surface area contributed by atoms with E-state index in [1.165, 1.54) is 14.2 Å². The van der Waals surface area contributed by atoms with Gasteiger partial charge in [-0.15, -0.1) is 0 Å². The Balaban J connectivity index is 2.69. The van der Waals surface area contributed by atoms with Crippen molar-refractivity contribution in [3.63, 3.8) is 0 Å². The maximum absolute atomic E-state index is 11.9. The summed E-state index contributed by atoms with van der Waals surface area (Å²) in [6.07, 6.45) is -0.482. The lowest BCUT2D eigenvalue weighted by atomic mass is 10.3. The van der Waals surface area contributed by atoms with Crippen molar-refractivity contribution in [2.45, 2.75) is 26.2 Å². The molecule has 0 spiro atoms. The first-order chi connectivity index (χ1) is 7.99. The van der Waals surface area contributed by atoms with Gasteiger partial charge in [0.15, 0.2) is 11.4 Å². The molecule has 96 valence electrons. The summed E-state index contributed by atoms with van der Waals surface area (Å²) in [5, 5.41) is 3.16. The minimum absolute atomic E-state index is 0.219. The number of ether oxygens (including phenoxy) is 2. The monoisotopic (exact) mass is 259 g/mol. The zero-order valence-electron chi connectivity index (χ0n) is 10.3. The van der Waals surface area contributed by atoms with E-state index in [1.807, 2.05) is 0 Å². The van der Waals surface area contributed by atoms with Gasteiger partial charge in [-0.25, -0.2) is 4.98 Å². The Morgan fingerprint density at radius 1 is 1.47 bits per heavy atom. The van der Waals surface area contributed by atoms with Gasteiger partial charge in [-0.05, 0) is 13.8 Å². The number of aryl methyl sites for hydroxylation is 1. The summed E-state index contributed by atoms with van der Waals surface area (Å²) in [5.41, 5.74) is 6.17. The smallest absolute Gasteiger partial charge is 0.263 e. The Kier molecular flexibility index (Phi) is 4.86. The number of nitrogens with two attached hydrogens (primary N) is 1. The number of methoxy groups -OCH3 is 2. The fraction of sp³-hybridized carbons (Fsp3) is 0.600. The SMILES string of the molecule is COC(OC)C(C)NC(=O)c1sc(N)nc1C. The van der Waals surface area contributed by atoms with Crippen LogP contribution in [0.2, 0.25) is 0 Å². The summed E-state index contributed by atoms with van der Waals surface area (Å²) in [5.74, 6) is -0.219. The molecule has 0 aromatic carbocycles. The topological polar surface area (TPSA) is 86.5 Å². The molecule has 0 bridgehead atoms. The highest BCUT2D eigenvalue weighted by atomic mass is 32.1. The highest BCUT2D eigenvalue weighted by Crippen LogP contribution is 2.19. The van der Waals surface area contributed by atoms with E-state index >= 15 is 0 Å². The molecule has 0 fully saturated rings. The second kappa shape index (κ2) is 5.95. The molecule has 1 amide bonds. The lowest BCUT2D eigenvalue weighted by Gasteiger charge is -2.21. The highest BCUT2D eigenvalue weighted by molar-refractivity contribution is 7.17. The number of anilines is 1. The molecule has 0 aliphatic heterocycles. The number of hydrogen-bond acceptors (Lipinski definition) is 6. The largest absolute Gasteiger partial charge is 0.375 e. The van der Waals surface area contributed by atoms with Gasteiger partial charge in [0, 0.05) is 14.2 Å². The molecular formula is C10H17N3O3S. The molecule has 0 radical (unpaired) electrons. The van der Waals surface area contributed by atoms with Gasteiger partial charge in [0.25, 0.3) is 5.91 Å². The third-order valence-electron chi connectivity index (χ3n) is 2.25. The summed E-state index contributed by atoms with van der Waals surface area (Å²) >= 11 is 1.16. The van der Waals surface area contributed by atoms with E-state index in [0.29, 0.717) is 15.7 Å². The first kappa shape index (κ1) is 13.9. The number of hydrogen-bond donors (Lipinski definition) is 2. The van der Waals surface area contributed by atoms with E-state index in [2.05, 4.69) is 10.3 Å². The van der Waals surface area contributed by atoms with Crippen molar-refractivity contribution >= 4 is 22.4 Å². The second-order valence-corrected chi connectivity index (χ2v) is 4.60. The molecular weight excluding hydrogens is 242 g/mol. The first-order valence-corrected chi connectivity index (χ1v) is 5.90. The van der Waals surface area contributed by atoms with Crippen molar-refractivity contribution in [1.82, 2.24) is 10.3 Å². The van der Waals surface area contributed by atoms with Crippen molar-refractivity contribution in [2.24, 2.45) is 0 Å². The summed E-state index contributed by atoms with van der Waals surface area (Å²) in [7, 11) is 3.04. The van der Waals surface area contributed by atoms with Gasteiger partial charge in [-0.2, -0.15) is 0 Å². The van der Waals surface area contributed by atoms with Crippen molar-refractivity contribution in [2.75, 3.05) is 20.0 Å². The van der Waals surface area contributed by atoms with Crippen LogP contribution in [-0.4, -0.2) is 37.4 Å². The van der Waals surface area contributed by atoms with Crippen molar-refractivity contribution < 1.29 is 14.3 Å². The summed E-state index contributed by atoms with van der Waals surface area (Å²) < 4.78 is 10.1. The summed E-state index contributed by atoms with van der Waals surface area (Å²) in [6, 6.07) is -0.264. The molecule has 6 nitrogen and oxygen atoms in total. The van der Waals surface area contributed by atoms with Crippen LogP contribution in [-0.2, 0) is 9.47 Å². The molecule has 0 saturated carbocycles. The minimum atomic E-state index is -0.482. The van der Waals surface area contributed by atoms with Crippen molar-refractivity contribution in [1.29, 1.82) is 0 Å². The maximum Gasteiger partial charge on any atom is 0.263 e. The number of nitrogens with zero attached hydrogens (tertiary/aromatic N) is 1. The van der Waals surface area contributed by atoms with Crippen LogP contribution in [0.3, 0.4) is 0 Å². The summed E-state index contributed by atoms with van der Waals surface area (Å²) in [4.78, 5) is 16.4. The Morgan fingerprint density at radius 3 is 2.47 bits per heavy atom. The van der Waals surface area contributed by atoms with Gasteiger partial charge in [0.2, 0.25) is 0 Å². The van der Waals surface area contributed by atoms with Gasteiger partial charge in [0.1, 0.15) is 4.88 Å². The molecule has 0 saturated heterocycles. The van der Waals surface area contributed by atoms with E-state index in [4.69, 9.17) is 15.2 Å². The number of rotatable bonds is 5. The molecule has 1 unspecified atom stereocenters. The zero-order valence-corrected chi connectivity index (χ0v) is 11.1. The van der Waals surface area contributed by atoms with E-state index < -0.39 is 6.29 Å². The van der Waals surface area contributed by atoms with Gasteiger partial charge in [-0.1, -0.05) is 11.3 Å². The molecule has 3 N–H and O–H groups in total. The quantitative estimate of drug-likeness (QED) is 0.763. The van der Waals surface area contributed by atoms with E-state index in [-0.39, 0.29) is 11.9 Å². The Morgan fingerprint density at radius 2 is 2.06 bits per heavy atom. The maximum atomic E-state index is 11.9. The number of aromatic nitrogens is 1. The fourth-order valence-corrected chi connectivity index (χ4v) is 2.21. The van der Waals surface area contributed by atoms with Crippen LogP contribution in [0.25, 0.3) is 0 Å². The predicted octanol–water partition coefficient (Wildman–Crippen LogP) is 0.771. The zero-order chi connectivity index (χ0) is 13.0. The Hall–Kier alpha value is -1.18. The molecule has 1 atom stereocenters. The average molecular weight is 259 g/mol. The molecule has 0 aliphatic carbocycles. The lowest BCUT2D eigenvalue weighted by Crippen LogP contribution is -2.42. The van der Waals surface area contributed by atoms with Gasteiger partial charge >= 0.3 is 0 Å². The van der Waals surface area contributed by atoms with Gasteiger partial charge in [-0.3, -0.25) is 4.79 Å². The molecule has 7 heteroatoms. The second-order valence-electron chi connectivity index (χ2n) is 3.57. The van der Waals surface area contributed by atoms with E-state index in [9.17, 15) is 4.79 Å². The van der Waals surface area contributed by atoms with Crippen molar-refractivity contribution in [3.05, 3.63) is 10.6 Å². The van der Waals surface area contributed by atoms with Crippen LogP contribution in [0.15, 0.2) is 0 Å². The molecule has 1 heterocycles. The number of carbonyl (C=O) groups is 1. The molecule has 1 rings (SSSR count). The van der Waals surface area contributed by atoms with Gasteiger partial charge in [0.05, 0.1) is 11.7 Å². The molecule has 17 heavy (non-hydrogen) atoms. The van der Waals surface area contributed by atoms with E-state index in [0.717, 1.165) is 11.3 Å². The highest BCUT2D eigenvalue weighted by Gasteiger charge is 2.21. The standard InChI is InChI=1S/C10H17N3O3S/c1-5-7(17-10(11)13-5)8(14)12-6(2)9(15-3)16-4/h6,9H,1-4H3,(H2,11,13)(H,12,14). The van der Waals surface area contributed by atoms with Crippen LogP contribution >= 0.6 is 11.3 Å². The average Bonchev–Trinajstić information content (AvgIpc) is 2.59. The Labute approximate surface area is 104 Å². The number of thiazole rings is 1. The van der Waals surface area contributed by atoms with E-state index in [1.54, 1.807) is 13.8 Å². The molecule has 1 aromatic rings. The number of amides is 1. The normalized spacial score (nSPS) is 12.8. The molecule has 1 aromatic heterocycles. The number of nitrogen functional groups attached to an aromatic ring is 1. The van der Waals surface area contributed by atoms with Crippen molar-refractivity contribution in [3.8, 4) is 0 Å². The van der Waals surface area contributed by atoms with Gasteiger partial charge < -0.3 is 20.5 Å². The number of nitrogens with one attached hydrogen (secondary N) is 1. The van der Waals surface area contributed by atoms with Crippen LogP contribution in [0.5, 0.6) is 0 Å². The lowest BCUT2D eigenvalue weighted by molar-refractivity contribution is -0.117. The first-order valence-electron chi connectivity index (χ1n) is 5.09. The third kappa shape index (κ3) is 3.39. The van der Waals surface area contributed by atoms with Crippen LogP contribution < -0.4 is 11.1 Å². The summed E-state index contributed by atoms with van der Waals surface area (Å²) in [6.45, 7) is 3.55. The fourth-order valence-electron chi connectivity index (χ4n) is 1.47. The Bertz CT molecular complexity index is 390. The minimum Gasteiger partial charge on any atom is -0.375 e. The third-order valence-corrected chi connectivity index (χ3v) is 3.24.